The topological polar surface area (TPSA) is 25.8 Å². The molecule has 0 saturated heterocycles. The minimum absolute atomic E-state index is 0.967. The zero-order chi connectivity index (χ0) is 57.8. The molecule has 0 bridgehead atoms. The van der Waals surface area contributed by atoms with E-state index >= 15 is 0 Å². The Balaban J connectivity index is 0.777. The Morgan fingerprint density at radius 2 is 0.511 bits per heavy atom. The van der Waals surface area contributed by atoms with E-state index in [2.05, 4.69) is 315 Å². The van der Waals surface area contributed by atoms with Gasteiger partial charge in [0.2, 0.25) is 0 Å². The smallest absolute Gasteiger partial charge is 0.0794 e. The number of benzene rings is 14. The van der Waals surface area contributed by atoms with Crippen LogP contribution in [0.1, 0.15) is 0 Å². The van der Waals surface area contributed by atoms with Gasteiger partial charge in [0, 0.05) is 55.6 Å². The fourth-order valence-corrected chi connectivity index (χ4v) is 14.6. The Hall–Kier alpha value is -11.6. The predicted octanol–water partition coefficient (Wildman–Crippen LogP) is 23.4. The lowest BCUT2D eigenvalue weighted by Gasteiger charge is -2.20. The molecule has 0 fully saturated rings. The van der Waals surface area contributed by atoms with Gasteiger partial charge in [0.15, 0.2) is 0 Å². The average molecular weight is 1110 g/mol. The van der Waals surface area contributed by atoms with Gasteiger partial charge in [0.25, 0.3) is 0 Å². The maximum Gasteiger partial charge on any atom is 0.0794 e. The van der Waals surface area contributed by atoms with Crippen molar-refractivity contribution in [1.29, 1.82) is 0 Å². The molecular formula is C86H52N2. The minimum atomic E-state index is 0.967. The van der Waals surface area contributed by atoms with E-state index in [4.69, 9.17) is 9.97 Å². The van der Waals surface area contributed by atoms with Gasteiger partial charge in [-0.15, -0.1) is 0 Å². The van der Waals surface area contributed by atoms with E-state index in [1.807, 2.05) is 0 Å². The van der Waals surface area contributed by atoms with E-state index in [1.54, 1.807) is 0 Å². The number of hydrogen-bond acceptors (Lipinski definition) is 2. The molecule has 2 heteroatoms. The SMILES string of the molecule is c1ccc(-c2nc(-c3ccc(-c4cccc5c(-c6ccc7c8c(cccc68)-c6c(-c8ccccc8)c(-c8ccc(-c9ccc%10ccccc%10c9)cc8)nc(-c8ccccc8)c6-7)cccc45)cc3)c(-c3ccccc3)c3c2-c2cccc4cccc-3c24)cc1. The van der Waals surface area contributed by atoms with Gasteiger partial charge >= 0.3 is 0 Å². The fourth-order valence-electron chi connectivity index (χ4n) is 14.6. The zero-order valence-corrected chi connectivity index (χ0v) is 47.9. The van der Waals surface area contributed by atoms with E-state index in [0.717, 1.165) is 72.8 Å². The van der Waals surface area contributed by atoms with E-state index in [-0.39, 0.29) is 0 Å². The molecule has 16 aromatic rings. The van der Waals surface area contributed by atoms with Crippen LogP contribution in [0.25, 0.3) is 188 Å². The highest BCUT2D eigenvalue weighted by molar-refractivity contribution is 6.26. The van der Waals surface area contributed by atoms with Crippen LogP contribution in [0.4, 0.5) is 0 Å². The van der Waals surface area contributed by atoms with Gasteiger partial charge in [0.1, 0.15) is 0 Å². The molecular weight excluding hydrogens is 1060 g/mol. The number of nitrogens with zero attached hydrogens (tertiary/aromatic N) is 2. The minimum Gasteiger partial charge on any atom is -0.246 e. The number of rotatable bonds is 9. The highest BCUT2D eigenvalue weighted by atomic mass is 14.7. The molecule has 2 heterocycles. The third kappa shape index (κ3) is 7.76. The molecule has 0 aliphatic heterocycles. The first-order valence-electron chi connectivity index (χ1n) is 30.4. The van der Waals surface area contributed by atoms with Crippen LogP contribution < -0.4 is 0 Å². The molecule has 14 aromatic carbocycles. The maximum atomic E-state index is 5.82. The monoisotopic (exact) mass is 1110 g/mol. The number of aromatic nitrogens is 2. The van der Waals surface area contributed by atoms with Crippen molar-refractivity contribution in [1.82, 2.24) is 9.97 Å². The molecule has 88 heavy (non-hydrogen) atoms. The standard InChI is InChI=1S/C86H52N2/c1-5-21-57(22-6-1)76-79-71-37-15-30-56-31-16-38-72(75(56)71)81(79)85(59-25-9-3-10-26-59)87-84(76)62-47-43-55(44-48-62)65-32-17-34-67-66(65)33-18-35-68(67)69-50-51-74-78-70(69)36-19-39-73(78)80-77(58-23-7-2-8-24-58)83(88-86(82(74)80)60-27-11-4-12-28-60)61-45-40-54(41-46-61)64-49-42-53-20-13-14-29-63(53)52-64/h1-52H. The quantitative estimate of drug-likeness (QED) is 0.144. The molecule has 0 saturated carbocycles. The Morgan fingerprint density at radius 1 is 0.159 bits per heavy atom. The van der Waals surface area contributed by atoms with Crippen molar-refractivity contribution in [3.05, 3.63) is 315 Å². The Labute approximate surface area is 510 Å². The van der Waals surface area contributed by atoms with Gasteiger partial charge in [-0.1, -0.05) is 309 Å². The lowest BCUT2D eigenvalue weighted by molar-refractivity contribution is 1.33. The lowest BCUT2D eigenvalue weighted by atomic mass is 9.87. The van der Waals surface area contributed by atoms with Crippen LogP contribution in [0.3, 0.4) is 0 Å². The van der Waals surface area contributed by atoms with Crippen molar-refractivity contribution < 1.29 is 0 Å². The first-order chi connectivity index (χ1) is 43.7. The second-order valence-corrected chi connectivity index (χ2v) is 23.4. The first kappa shape index (κ1) is 49.8. The second-order valence-electron chi connectivity index (χ2n) is 23.4. The molecule has 0 N–H and O–H groups in total. The van der Waals surface area contributed by atoms with Crippen LogP contribution in [0.15, 0.2) is 315 Å². The summed E-state index contributed by atoms with van der Waals surface area (Å²) in [5.41, 5.74) is 29.7. The fraction of sp³-hybridized carbons (Fsp3) is 0. The molecule has 2 aliphatic rings. The highest BCUT2D eigenvalue weighted by Gasteiger charge is 2.34. The molecule has 0 amide bonds. The maximum absolute atomic E-state index is 5.82. The Morgan fingerprint density at radius 3 is 1.08 bits per heavy atom. The summed E-state index contributed by atoms with van der Waals surface area (Å²) in [6, 6.07) is 115. The molecule has 0 spiro atoms. The second kappa shape index (κ2) is 20.0. The van der Waals surface area contributed by atoms with Crippen LogP contribution >= 0.6 is 0 Å². The summed E-state index contributed by atoms with van der Waals surface area (Å²) in [5, 5.41) is 9.89. The van der Waals surface area contributed by atoms with Crippen molar-refractivity contribution >= 4 is 43.1 Å². The summed E-state index contributed by atoms with van der Waals surface area (Å²) in [7, 11) is 0. The Bertz CT molecular complexity index is 5490. The van der Waals surface area contributed by atoms with Crippen molar-refractivity contribution in [2.75, 3.05) is 0 Å². The number of fused-ring (bicyclic) bond motifs is 8. The summed E-state index contributed by atoms with van der Waals surface area (Å²) >= 11 is 0. The zero-order valence-electron chi connectivity index (χ0n) is 47.9. The summed E-state index contributed by atoms with van der Waals surface area (Å²) in [5.74, 6) is 0. The van der Waals surface area contributed by atoms with Gasteiger partial charge in [-0.2, -0.15) is 0 Å². The van der Waals surface area contributed by atoms with E-state index in [9.17, 15) is 0 Å². The van der Waals surface area contributed by atoms with Gasteiger partial charge in [-0.3, -0.25) is 0 Å². The van der Waals surface area contributed by atoms with Crippen molar-refractivity contribution in [3.8, 4) is 145 Å². The van der Waals surface area contributed by atoms with Gasteiger partial charge in [-0.25, -0.2) is 9.97 Å². The molecule has 18 rings (SSSR count). The van der Waals surface area contributed by atoms with E-state index in [0.29, 0.717) is 0 Å². The Kier molecular flexibility index (Phi) is 11.3. The normalized spacial score (nSPS) is 11.9. The van der Waals surface area contributed by atoms with Gasteiger partial charge in [0.05, 0.1) is 22.8 Å². The number of pyridine rings is 2. The van der Waals surface area contributed by atoms with Crippen LogP contribution in [0.2, 0.25) is 0 Å². The van der Waals surface area contributed by atoms with E-state index in [1.165, 1.54) is 115 Å². The van der Waals surface area contributed by atoms with Crippen LogP contribution in [-0.2, 0) is 0 Å². The molecule has 2 aromatic heterocycles. The third-order valence-electron chi connectivity index (χ3n) is 18.6. The van der Waals surface area contributed by atoms with E-state index < -0.39 is 0 Å². The summed E-state index contributed by atoms with van der Waals surface area (Å²) < 4.78 is 0. The molecule has 0 radical (unpaired) electrons. The largest absolute Gasteiger partial charge is 0.246 e. The summed E-state index contributed by atoms with van der Waals surface area (Å²) in [6.07, 6.45) is 0. The summed E-state index contributed by atoms with van der Waals surface area (Å²) in [4.78, 5) is 11.6. The summed E-state index contributed by atoms with van der Waals surface area (Å²) in [6.45, 7) is 0. The van der Waals surface area contributed by atoms with Gasteiger partial charge in [-0.05, 0) is 116 Å². The molecule has 2 nitrogen and oxygen atoms in total. The van der Waals surface area contributed by atoms with Crippen molar-refractivity contribution in [2.45, 2.75) is 0 Å². The van der Waals surface area contributed by atoms with Crippen LogP contribution in [-0.4, -0.2) is 9.97 Å². The third-order valence-corrected chi connectivity index (χ3v) is 18.6. The van der Waals surface area contributed by atoms with Crippen LogP contribution in [0.5, 0.6) is 0 Å². The van der Waals surface area contributed by atoms with Gasteiger partial charge < -0.3 is 0 Å². The van der Waals surface area contributed by atoms with Crippen LogP contribution in [0, 0.1) is 0 Å². The molecule has 0 unspecified atom stereocenters. The van der Waals surface area contributed by atoms with Crippen molar-refractivity contribution in [2.24, 2.45) is 0 Å². The predicted molar refractivity (Wildman–Crippen MR) is 370 cm³/mol. The first-order valence-corrected chi connectivity index (χ1v) is 30.4. The molecule has 406 valence electrons. The van der Waals surface area contributed by atoms with Crippen molar-refractivity contribution in [3.63, 3.8) is 0 Å². The molecule has 2 aliphatic carbocycles. The lowest BCUT2D eigenvalue weighted by Crippen LogP contribution is -1.98. The average Bonchev–Trinajstić information content (AvgIpc) is 1.63. The number of hydrogen-bond donors (Lipinski definition) is 0. The molecule has 0 atom stereocenters. The highest BCUT2D eigenvalue weighted by Crippen LogP contribution is 2.59.